The Morgan fingerprint density at radius 3 is 2.62 bits per heavy atom. The van der Waals surface area contributed by atoms with Gasteiger partial charge in [0, 0.05) is 5.56 Å². The molecule has 1 atom stereocenters. The fraction of sp³-hybridized carbons (Fsp3) is 0.211. The predicted octanol–water partition coefficient (Wildman–Crippen LogP) is 4.17. The van der Waals surface area contributed by atoms with Crippen molar-refractivity contribution in [1.29, 1.82) is 0 Å². The Kier molecular flexibility index (Phi) is 5.58. The zero-order valence-electron chi connectivity index (χ0n) is 14.7. The fourth-order valence-electron chi connectivity index (χ4n) is 2.26. The number of hydrogen-bond donors (Lipinski definition) is 1. The van der Waals surface area contributed by atoms with Gasteiger partial charge in [0.15, 0.2) is 0 Å². The van der Waals surface area contributed by atoms with E-state index in [0.29, 0.717) is 22.6 Å². The number of aromatic nitrogens is 2. The summed E-state index contributed by atoms with van der Waals surface area (Å²) < 4.78 is 10.9. The summed E-state index contributed by atoms with van der Waals surface area (Å²) in [5, 5.41) is 10.9. The summed E-state index contributed by atoms with van der Waals surface area (Å²) in [6.45, 7) is 3.80. The number of benzene rings is 2. The van der Waals surface area contributed by atoms with Gasteiger partial charge in [-0.25, -0.2) is 0 Å². The second-order valence-corrected chi connectivity index (χ2v) is 6.98. The number of para-hydroxylation sites is 2. The number of nitrogens with one attached hydrogen (secondary N) is 1. The second-order valence-electron chi connectivity index (χ2n) is 5.69. The maximum atomic E-state index is 12.4. The van der Waals surface area contributed by atoms with E-state index < -0.39 is 5.25 Å². The van der Waals surface area contributed by atoms with Gasteiger partial charge >= 0.3 is 0 Å². The SMILES string of the molecule is COc1ccccc1NC(=O)[C@H](C)Sc1nnc(-c2ccc(C)cc2)o1. The Morgan fingerprint density at radius 1 is 1.15 bits per heavy atom. The number of thioether (sulfide) groups is 1. The molecule has 26 heavy (non-hydrogen) atoms. The molecule has 134 valence electrons. The highest BCUT2D eigenvalue weighted by Crippen LogP contribution is 2.28. The lowest BCUT2D eigenvalue weighted by molar-refractivity contribution is -0.115. The van der Waals surface area contributed by atoms with E-state index in [9.17, 15) is 4.79 Å². The number of carbonyl (C=O) groups is 1. The van der Waals surface area contributed by atoms with Gasteiger partial charge in [-0.15, -0.1) is 10.2 Å². The highest BCUT2D eigenvalue weighted by atomic mass is 32.2. The van der Waals surface area contributed by atoms with Crippen LogP contribution in [0.4, 0.5) is 5.69 Å². The molecule has 1 amide bonds. The van der Waals surface area contributed by atoms with Crippen molar-refractivity contribution in [3.63, 3.8) is 0 Å². The number of ether oxygens (including phenoxy) is 1. The first-order valence-electron chi connectivity index (χ1n) is 8.08. The summed E-state index contributed by atoms with van der Waals surface area (Å²) in [7, 11) is 1.56. The van der Waals surface area contributed by atoms with Crippen LogP contribution < -0.4 is 10.1 Å². The highest BCUT2D eigenvalue weighted by molar-refractivity contribution is 8.00. The van der Waals surface area contributed by atoms with Gasteiger partial charge in [-0.05, 0) is 38.1 Å². The summed E-state index contributed by atoms with van der Waals surface area (Å²) in [6, 6.07) is 15.1. The smallest absolute Gasteiger partial charge is 0.277 e. The average Bonchev–Trinajstić information content (AvgIpc) is 3.11. The maximum absolute atomic E-state index is 12.4. The molecule has 3 rings (SSSR count). The minimum Gasteiger partial charge on any atom is -0.495 e. The number of nitrogens with zero attached hydrogens (tertiary/aromatic N) is 2. The van der Waals surface area contributed by atoms with Crippen molar-refractivity contribution < 1.29 is 13.9 Å². The third-order valence-corrected chi connectivity index (χ3v) is 4.65. The Morgan fingerprint density at radius 2 is 1.88 bits per heavy atom. The first kappa shape index (κ1) is 18.0. The van der Waals surface area contributed by atoms with Crippen LogP contribution >= 0.6 is 11.8 Å². The highest BCUT2D eigenvalue weighted by Gasteiger charge is 2.20. The van der Waals surface area contributed by atoms with Crippen molar-refractivity contribution in [2.75, 3.05) is 12.4 Å². The molecule has 3 aromatic rings. The van der Waals surface area contributed by atoms with Gasteiger partial charge in [-0.1, -0.05) is 41.6 Å². The normalized spacial score (nSPS) is 11.8. The van der Waals surface area contributed by atoms with Crippen LogP contribution in [0.15, 0.2) is 58.2 Å². The maximum Gasteiger partial charge on any atom is 0.277 e. The van der Waals surface area contributed by atoms with Gasteiger partial charge in [0.1, 0.15) is 5.75 Å². The van der Waals surface area contributed by atoms with Crippen molar-refractivity contribution in [2.24, 2.45) is 0 Å². The van der Waals surface area contributed by atoms with Crippen molar-refractivity contribution in [3.8, 4) is 17.2 Å². The van der Waals surface area contributed by atoms with Gasteiger partial charge in [0.2, 0.25) is 11.8 Å². The van der Waals surface area contributed by atoms with E-state index in [2.05, 4.69) is 15.5 Å². The number of amides is 1. The van der Waals surface area contributed by atoms with Crippen LogP contribution in [-0.2, 0) is 4.79 Å². The van der Waals surface area contributed by atoms with Crippen molar-refractivity contribution in [1.82, 2.24) is 10.2 Å². The number of anilines is 1. The van der Waals surface area contributed by atoms with Crippen LogP contribution in [0.2, 0.25) is 0 Å². The molecule has 0 aliphatic rings. The molecule has 0 aliphatic carbocycles. The Balaban J connectivity index is 1.65. The number of carbonyl (C=O) groups excluding carboxylic acids is 1. The molecule has 0 radical (unpaired) electrons. The van der Waals surface area contributed by atoms with Crippen LogP contribution in [0.3, 0.4) is 0 Å². The lowest BCUT2D eigenvalue weighted by Crippen LogP contribution is -2.22. The summed E-state index contributed by atoms with van der Waals surface area (Å²) in [4.78, 5) is 12.4. The van der Waals surface area contributed by atoms with Gasteiger partial charge < -0.3 is 14.5 Å². The molecular formula is C19H19N3O3S. The molecule has 1 N–H and O–H groups in total. The van der Waals surface area contributed by atoms with Gasteiger partial charge in [-0.3, -0.25) is 4.79 Å². The molecular weight excluding hydrogens is 350 g/mol. The summed E-state index contributed by atoms with van der Waals surface area (Å²) in [5.41, 5.74) is 2.63. The van der Waals surface area contributed by atoms with E-state index in [0.717, 1.165) is 11.1 Å². The second kappa shape index (κ2) is 8.05. The molecule has 0 spiro atoms. The average molecular weight is 369 g/mol. The quantitative estimate of drug-likeness (QED) is 0.657. The van der Waals surface area contributed by atoms with E-state index in [4.69, 9.17) is 9.15 Å². The van der Waals surface area contributed by atoms with Crippen molar-refractivity contribution >= 4 is 23.4 Å². The number of aryl methyl sites for hydroxylation is 1. The third kappa shape index (κ3) is 4.23. The summed E-state index contributed by atoms with van der Waals surface area (Å²) in [5.74, 6) is 0.872. The van der Waals surface area contributed by atoms with Gasteiger partial charge in [0.05, 0.1) is 18.0 Å². The molecule has 0 saturated heterocycles. The lowest BCUT2D eigenvalue weighted by atomic mass is 10.1. The van der Waals surface area contributed by atoms with E-state index in [-0.39, 0.29) is 5.91 Å². The van der Waals surface area contributed by atoms with E-state index >= 15 is 0 Å². The number of methoxy groups -OCH3 is 1. The fourth-order valence-corrected chi connectivity index (χ4v) is 2.94. The minimum atomic E-state index is -0.411. The van der Waals surface area contributed by atoms with E-state index in [1.807, 2.05) is 43.3 Å². The molecule has 6 nitrogen and oxygen atoms in total. The monoisotopic (exact) mass is 369 g/mol. The first-order chi connectivity index (χ1) is 12.6. The van der Waals surface area contributed by atoms with Crippen LogP contribution in [-0.4, -0.2) is 28.5 Å². The topological polar surface area (TPSA) is 77.2 Å². The number of hydrogen-bond acceptors (Lipinski definition) is 6. The zero-order valence-corrected chi connectivity index (χ0v) is 15.5. The van der Waals surface area contributed by atoms with Gasteiger partial charge in [0.25, 0.3) is 5.22 Å². The molecule has 0 saturated carbocycles. The molecule has 7 heteroatoms. The zero-order chi connectivity index (χ0) is 18.5. The molecule has 1 heterocycles. The number of rotatable bonds is 6. The van der Waals surface area contributed by atoms with Crippen LogP contribution in [0.25, 0.3) is 11.5 Å². The van der Waals surface area contributed by atoms with Crippen molar-refractivity contribution in [3.05, 3.63) is 54.1 Å². The van der Waals surface area contributed by atoms with Crippen LogP contribution in [0, 0.1) is 6.92 Å². The molecule has 0 bridgehead atoms. The van der Waals surface area contributed by atoms with Crippen LogP contribution in [0.5, 0.6) is 5.75 Å². The van der Waals surface area contributed by atoms with E-state index in [1.165, 1.54) is 11.8 Å². The molecule has 0 aliphatic heterocycles. The van der Waals surface area contributed by atoms with Crippen molar-refractivity contribution in [2.45, 2.75) is 24.3 Å². The molecule has 0 fully saturated rings. The first-order valence-corrected chi connectivity index (χ1v) is 8.96. The summed E-state index contributed by atoms with van der Waals surface area (Å²) >= 11 is 1.21. The summed E-state index contributed by atoms with van der Waals surface area (Å²) in [6.07, 6.45) is 0. The Bertz CT molecular complexity index is 893. The Hall–Kier alpha value is -2.80. The predicted molar refractivity (Wildman–Crippen MR) is 101 cm³/mol. The third-order valence-electron chi connectivity index (χ3n) is 3.72. The Labute approximate surface area is 156 Å². The van der Waals surface area contributed by atoms with Crippen LogP contribution in [0.1, 0.15) is 12.5 Å². The lowest BCUT2D eigenvalue weighted by Gasteiger charge is -2.12. The largest absolute Gasteiger partial charge is 0.495 e. The minimum absolute atomic E-state index is 0.172. The standard InChI is InChI=1S/C19H19N3O3S/c1-12-8-10-14(11-9-12)18-21-22-19(25-18)26-13(2)17(23)20-15-6-4-5-7-16(15)24-3/h4-11,13H,1-3H3,(H,20,23)/t13-/m0/s1. The molecule has 1 aromatic heterocycles. The van der Waals surface area contributed by atoms with Gasteiger partial charge in [-0.2, -0.15) is 0 Å². The molecule has 2 aromatic carbocycles. The molecule has 0 unspecified atom stereocenters. The van der Waals surface area contributed by atoms with E-state index in [1.54, 1.807) is 26.2 Å².